The second-order valence-electron chi connectivity index (χ2n) is 4.57. The molecule has 2 aromatic rings. The first kappa shape index (κ1) is 15.1. The molecule has 21 heavy (non-hydrogen) atoms. The molecule has 0 bridgehead atoms. The number of amides is 1. The number of ether oxygens (including phenoxy) is 1. The second-order valence-corrected chi connectivity index (χ2v) is 5.48. The Labute approximate surface area is 126 Å². The third-order valence-electron chi connectivity index (χ3n) is 3.20. The van der Waals surface area contributed by atoms with E-state index >= 15 is 0 Å². The van der Waals surface area contributed by atoms with Crippen LogP contribution in [0.3, 0.4) is 0 Å². The van der Waals surface area contributed by atoms with Gasteiger partial charge < -0.3 is 15.2 Å². The van der Waals surface area contributed by atoms with E-state index in [0.29, 0.717) is 16.2 Å². The highest BCUT2D eigenvalue weighted by atomic mass is 32.1. The summed E-state index contributed by atoms with van der Waals surface area (Å²) in [5, 5.41) is 13.8. The van der Waals surface area contributed by atoms with Gasteiger partial charge in [0.05, 0.1) is 7.11 Å². The van der Waals surface area contributed by atoms with E-state index in [9.17, 15) is 14.7 Å². The van der Waals surface area contributed by atoms with E-state index in [1.54, 1.807) is 41.8 Å². The van der Waals surface area contributed by atoms with Crippen molar-refractivity contribution in [3.63, 3.8) is 0 Å². The summed E-state index contributed by atoms with van der Waals surface area (Å²) in [6.07, 6.45) is 0. The van der Waals surface area contributed by atoms with Crippen molar-refractivity contribution in [2.24, 2.45) is 0 Å². The predicted molar refractivity (Wildman–Crippen MR) is 79.8 cm³/mol. The van der Waals surface area contributed by atoms with E-state index in [0.717, 1.165) is 0 Å². The highest BCUT2D eigenvalue weighted by Gasteiger charge is 2.37. The smallest absolute Gasteiger partial charge is 0.333 e. The Morgan fingerprint density at radius 2 is 1.90 bits per heavy atom. The quantitative estimate of drug-likeness (QED) is 0.890. The maximum absolute atomic E-state index is 12.3. The van der Waals surface area contributed by atoms with Crippen LogP contribution < -0.4 is 10.1 Å². The number of carboxylic acids is 1. The van der Waals surface area contributed by atoms with Crippen molar-refractivity contribution in [1.29, 1.82) is 0 Å². The Bertz CT molecular complexity index is 653. The molecule has 0 radical (unpaired) electrons. The lowest BCUT2D eigenvalue weighted by Crippen LogP contribution is -2.49. The van der Waals surface area contributed by atoms with E-state index in [4.69, 9.17) is 4.74 Å². The number of carbonyl (C=O) groups excluding carboxylic acids is 1. The molecule has 0 saturated heterocycles. The zero-order valence-electron chi connectivity index (χ0n) is 11.6. The third-order valence-corrected chi connectivity index (χ3v) is 4.09. The highest BCUT2D eigenvalue weighted by Crippen LogP contribution is 2.27. The van der Waals surface area contributed by atoms with Gasteiger partial charge >= 0.3 is 5.97 Å². The number of carboxylic acid groups (broad SMARTS) is 1. The molecule has 1 heterocycles. The maximum atomic E-state index is 12.3. The summed E-state index contributed by atoms with van der Waals surface area (Å²) < 4.78 is 5.09. The molecule has 0 aliphatic carbocycles. The summed E-state index contributed by atoms with van der Waals surface area (Å²) in [6, 6.07) is 10.2. The van der Waals surface area contributed by atoms with Crippen LogP contribution in [0.25, 0.3) is 0 Å². The number of thiophene rings is 1. The number of rotatable bonds is 5. The Balaban J connectivity index is 2.33. The predicted octanol–water partition coefficient (Wildman–Crippen LogP) is 2.49. The van der Waals surface area contributed by atoms with Crippen LogP contribution in [-0.2, 0) is 10.3 Å². The first-order chi connectivity index (χ1) is 9.99. The summed E-state index contributed by atoms with van der Waals surface area (Å²) in [6.45, 7) is 1.46. The lowest BCUT2D eigenvalue weighted by atomic mass is 9.92. The van der Waals surface area contributed by atoms with Crippen molar-refractivity contribution in [3.8, 4) is 5.75 Å². The second kappa shape index (κ2) is 5.97. The third kappa shape index (κ3) is 2.90. The summed E-state index contributed by atoms with van der Waals surface area (Å²) in [5.74, 6) is -1.17. The van der Waals surface area contributed by atoms with E-state index in [-0.39, 0.29) is 0 Å². The Hall–Kier alpha value is -2.34. The molecule has 5 nitrogen and oxygen atoms in total. The van der Waals surface area contributed by atoms with Crippen molar-refractivity contribution in [3.05, 3.63) is 52.2 Å². The molecular weight excluding hydrogens is 290 g/mol. The molecule has 0 fully saturated rings. The number of aliphatic carboxylic acids is 1. The zero-order valence-corrected chi connectivity index (χ0v) is 12.4. The summed E-state index contributed by atoms with van der Waals surface area (Å²) >= 11 is 1.20. The molecule has 2 rings (SSSR count). The number of hydrogen-bond acceptors (Lipinski definition) is 4. The van der Waals surface area contributed by atoms with Gasteiger partial charge in [0.15, 0.2) is 5.54 Å². The van der Waals surface area contributed by atoms with Crippen LogP contribution in [0, 0.1) is 0 Å². The first-order valence-electron chi connectivity index (χ1n) is 6.22. The Kier molecular flexibility index (Phi) is 4.28. The molecule has 0 saturated carbocycles. The van der Waals surface area contributed by atoms with Crippen molar-refractivity contribution < 1.29 is 19.4 Å². The van der Waals surface area contributed by atoms with Gasteiger partial charge in [-0.15, -0.1) is 11.3 Å². The van der Waals surface area contributed by atoms with Crippen LogP contribution in [0.2, 0.25) is 0 Å². The Morgan fingerprint density at radius 3 is 2.48 bits per heavy atom. The minimum absolute atomic E-state index is 0.348. The van der Waals surface area contributed by atoms with Gasteiger partial charge in [0, 0.05) is 0 Å². The average Bonchev–Trinajstić information content (AvgIpc) is 2.96. The lowest BCUT2D eigenvalue weighted by Gasteiger charge is -2.26. The summed E-state index contributed by atoms with van der Waals surface area (Å²) in [4.78, 5) is 24.3. The molecule has 110 valence electrons. The molecule has 6 heteroatoms. The van der Waals surface area contributed by atoms with Gasteiger partial charge in [-0.25, -0.2) is 4.79 Å². The van der Waals surface area contributed by atoms with Gasteiger partial charge in [0.1, 0.15) is 10.6 Å². The number of benzene rings is 1. The molecule has 1 amide bonds. The van der Waals surface area contributed by atoms with Gasteiger partial charge in [-0.3, -0.25) is 4.79 Å². The van der Waals surface area contributed by atoms with Gasteiger partial charge in [0.25, 0.3) is 5.91 Å². The molecule has 1 aromatic carbocycles. The van der Waals surface area contributed by atoms with Gasteiger partial charge in [-0.2, -0.15) is 0 Å². The fraction of sp³-hybridized carbons (Fsp3) is 0.200. The van der Waals surface area contributed by atoms with Crippen molar-refractivity contribution in [2.75, 3.05) is 7.11 Å². The topological polar surface area (TPSA) is 75.6 Å². The van der Waals surface area contributed by atoms with Crippen molar-refractivity contribution in [1.82, 2.24) is 5.32 Å². The summed E-state index contributed by atoms with van der Waals surface area (Å²) in [7, 11) is 1.46. The van der Waals surface area contributed by atoms with E-state index in [1.807, 2.05) is 0 Å². The average molecular weight is 305 g/mol. The molecule has 1 atom stereocenters. The number of methoxy groups -OCH3 is 1. The monoisotopic (exact) mass is 305 g/mol. The fourth-order valence-electron chi connectivity index (χ4n) is 1.93. The molecule has 1 aromatic heterocycles. The van der Waals surface area contributed by atoms with Crippen LogP contribution in [0.4, 0.5) is 0 Å². The standard InChI is InChI=1S/C15H15NO4S/c1-15(14(18)19,10-6-4-3-5-7-10)16-13(17)12-11(20-2)8-9-21-12/h3-9H,1-2H3,(H,16,17)(H,18,19). The van der Waals surface area contributed by atoms with Gasteiger partial charge in [0.2, 0.25) is 0 Å². The van der Waals surface area contributed by atoms with Crippen LogP contribution in [-0.4, -0.2) is 24.1 Å². The Morgan fingerprint density at radius 1 is 1.24 bits per heavy atom. The van der Waals surface area contributed by atoms with E-state index < -0.39 is 17.4 Å². The molecular formula is C15H15NO4S. The largest absolute Gasteiger partial charge is 0.495 e. The minimum atomic E-state index is -1.51. The highest BCUT2D eigenvalue weighted by molar-refractivity contribution is 7.12. The minimum Gasteiger partial charge on any atom is -0.495 e. The van der Waals surface area contributed by atoms with Crippen LogP contribution in [0.15, 0.2) is 41.8 Å². The lowest BCUT2D eigenvalue weighted by molar-refractivity contribution is -0.144. The SMILES string of the molecule is COc1ccsc1C(=O)NC(C)(C(=O)O)c1ccccc1. The zero-order chi connectivity index (χ0) is 15.5. The molecule has 0 aliphatic rings. The van der Waals surface area contributed by atoms with Crippen LogP contribution >= 0.6 is 11.3 Å². The van der Waals surface area contributed by atoms with Gasteiger partial charge in [-0.05, 0) is 23.9 Å². The van der Waals surface area contributed by atoms with Crippen molar-refractivity contribution >= 4 is 23.2 Å². The van der Waals surface area contributed by atoms with Gasteiger partial charge in [-0.1, -0.05) is 30.3 Å². The maximum Gasteiger partial charge on any atom is 0.333 e. The molecule has 2 N–H and O–H groups in total. The van der Waals surface area contributed by atoms with Crippen molar-refractivity contribution in [2.45, 2.75) is 12.5 Å². The fourth-order valence-corrected chi connectivity index (χ4v) is 2.68. The summed E-state index contributed by atoms with van der Waals surface area (Å²) in [5.41, 5.74) is -1.01. The van der Waals surface area contributed by atoms with Crippen LogP contribution in [0.1, 0.15) is 22.2 Å². The van der Waals surface area contributed by atoms with E-state index in [2.05, 4.69) is 5.32 Å². The van der Waals surface area contributed by atoms with E-state index in [1.165, 1.54) is 25.4 Å². The molecule has 1 unspecified atom stereocenters. The molecule has 0 aliphatic heterocycles. The normalized spacial score (nSPS) is 13.2. The molecule has 0 spiro atoms. The first-order valence-corrected chi connectivity index (χ1v) is 7.10. The number of nitrogens with one attached hydrogen (secondary N) is 1. The number of hydrogen-bond donors (Lipinski definition) is 2. The van der Waals surface area contributed by atoms with Crippen LogP contribution in [0.5, 0.6) is 5.75 Å². The number of carbonyl (C=O) groups is 2.